The third-order valence-electron chi connectivity index (χ3n) is 6.37. The molecule has 0 unspecified atom stereocenters. The molecule has 1 saturated heterocycles. The van der Waals surface area contributed by atoms with Gasteiger partial charge in [0.05, 0.1) is 6.54 Å². The molecule has 2 N–H and O–H groups in total. The molecule has 0 saturated carbocycles. The van der Waals surface area contributed by atoms with E-state index in [0.29, 0.717) is 18.9 Å². The maximum absolute atomic E-state index is 13.5. The Balaban J connectivity index is 1.44. The van der Waals surface area contributed by atoms with E-state index in [-0.39, 0.29) is 11.7 Å². The average molecular weight is 446 g/mol. The zero-order valence-electron chi connectivity index (χ0n) is 18.7. The summed E-state index contributed by atoms with van der Waals surface area (Å²) in [6.45, 7) is 4.41. The largest absolute Gasteiger partial charge is 0.339 e. The number of nitrogens with one attached hydrogen (secondary N) is 2. The zero-order valence-corrected chi connectivity index (χ0v) is 18.7. The van der Waals surface area contributed by atoms with Crippen LogP contribution in [0.5, 0.6) is 0 Å². The van der Waals surface area contributed by atoms with Crippen LogP contribution in [0.2, 0.25) is 0 Å². The minimum atomic E-state index is -0.287. The Morgan fingerprint density at radius 2 is 1.82 bits per heavy atom. The summed E-state index contributed by atoms with van der Waals surface area (Å²) in [7, 11) is 0. The van der Waals surface area contributed by atoms with Crippen molar-refractivity contribution in [3.63, 3.8) is 0 Å². The summed E-state index contributed by atoms with van der Waals surface area (Å²) < 4.78 is 15.5. The summed E-state index contributed by atoms with van der Waals surface area (Å²) >= 11 is 0. The first-order chi connectivity index (χ1) is 16.1. The lowest BCUT2D eigenvalue weighted by Gasteiger charge is -2.27. The van der Waals surface area contributed by atoms with Crippen LogP contribution < -0.4 is 10.6 Å². The molecule has 2 aliphatic heterocycles. The first-order valence-electron chi connectivity index (χ1n) is 11.5. The fourth-order valence-corrected chi connectivity index (χ4v) is 4.43. The van der Waals surface area contributed by atoms with Crippen LogP contribution >= 0.6 is 0 Å². The van der Waals surface area contributed by atoms with Crippen LogP contribution in [-0.2, 0) is 11.3 Å². The number of piperidine rings is 1. The molecular formula is C26H28FN5O. The van der Waals surface area contributed by atoms with Gasteiger partial charge in [-0.05, 0) is 75.2 Å². The second-order valence-electron chi connectivity index (χ2n) is 8.81. The summed E-state index contributed by atoms with van der Waals surface area (Å²) in [5, 5.41) is 6.82. The van der Waals surface area contributed by atoms with Crippen molar-refractivity contribution in [3.05, 3.63) is 71.9 Å². The van der Waals surface area contributed by atoms with Crippen molar-refractivity contribution in [3.8, 4) is 11.3 Å². The standard InChI is InChI=1S/C26H28FN5O/c1-18-2-8-22(9-3-18)29-26-25(20-4-6-21(27)7-5-20)30-23-17-31(14-15-32(23)26)24(33)16-19-10-12-28-13-11-19/h2-9,14-15,19,28-29H,10-13,16-17H2,1H3. The Labute approximate surface area is 193 Å². The zero-order chi connectivity index (χ0) is 22.8. The fourth-order valence-electron chi connectivity index (χ4n) is 4.43. The molecule has 33 heavy (non-hydrogen) atoms. The van der Waals surface area contributed by atoms with Crippen molar-refractivity contribution in [1.29, 1.82) is 0 Å². The van der Waals surface area contributed by atoms with Gasteiger partial charge in [-0.15, -0.1) is 0 Å². The molecule has 1 aromatic heterocycles. The van der Waals surface area contributed by atoms with Gasteiger partial charge in [0, 0.05) is 30.1 Å². The van der Waals surface area contributed by atoms with Gasteiger partial charge in [-0.2, -0.15) is 0 Å². The molecule has 0 spiro atoms. The highest BCUT2D eigenvalue weighted by atomic mass is 19.1. The Kier molecular flexibility index (Phi) is 5.96. The third-order valence-corrected chi connectivity index (χ3v) is 6.37. The molecule has 3 heterocycles. The maximum atomic E-state index is 13.5. The van der Waals surface area contributed by atoms with E-state index in [2.05, 4.69) is 10.6 Å². The summed E-state index contributed by atoms with van der Waals surface area (Å²) in [6, 6.07) is 14.5. The molecule has 7 heteroatoms. The SMILES string of the molecule is Cc1ccc(Nc2c(-c3ccc(F)cc3)nc3n2C=CN(C(=O)CC2CCNCC2)C3)cc1. The molecule has 3 aromatic rings. The van der Waals surface area contributed by atoms with Crippen molar-refractivity contribution in [2.45, 2.75) is 32.7 Å². The van der Waals surface area contributed by atoms with Crippen LogP contribution in [0.25, 0.3) is 17.5 Å². The Morgan fingerprint density at radius 3 is 2.55 bits per heavy atom. The molecule has 0 radical (unpaired) electrons. The van der Waals surface area contributed by atoms with Crippen LogP contribution in [-0.4, -0.2) is 33.4 Å². The average Bonchev–Trinajstić information content (AvgIpc) is 3.19. The van der Waals surface area contributed by atoms with E-state index in [1.54, 1.807) is 17.0 Å². The molecular weight excluding hydrogens is 417 g/mol. The van der Waals surface area contributed by atoms with Crippen LogP contribution in [0.1, 0.15) is 30.7 Å². The Bertz CT molecular complexity index is 1160. The number of amides is 1. The number of imidazole rings is 1. The van der Waals surface area contributed by atoms with Crippen LogP contribution in [0.4, 0.5) is 15.9 Å². The van der Waals surface area contributed by atoms with E-state index in [9.17, 15) is 9.18 Å². The highest BCUT2D eigenvalue weighted by molar-refractivity contribution is 5.81. The number of hydrogen-bond donors (Lipinski definition) is 2. The highest BCUT2D eigenvalue weighted by Gasteiger charge is 2.26. The van der Waals surface area contributed by atoms with Gasteiger partial charge in [0.15, 0.2) is 0 Å². The summed E-state index contributed by atoms with van der Waals surface area (Å²) in [4.78, 5) is 19.6. The maximum Gasteiger partial charge on any atom is 0.227 e. The molecule has 0 bridgehead atoms. The number of aromatic nitrogens is 2. The number of carbonyl (C=O) groups excluding carboxylic acids is 1. The van der Waals surface area contributed by atoms with Gasteiger partial charge in [0.1, 0.15) is 23.2 Å². The Morgan fingerprint density at radius 1 is 1.09 bits per heavy atom. The number of rotatable bonds is 5. The van der Waals surface area contributed by atoms with Gasteiger partial charge in [-0.1, -0.05) is 17.7 Å². The lowest BCUT2D eigenvalue weighted by atomic mass is 9.94. The molecule has 0 aliphatic carbocycles. The molecule has 5 rings (SSSR count). The minimum Gasteiger partial charge on any atom is -0.339 e. The predicted octanol–water partition coefficient (Wildman–Crippen LogP) is 4.90. The first-order valence-corrected chi connectivity index (χ1v) is 11.5. The van der Waals surface area contributed by atoms with Gasteiger partial charge in [0.25, 0.3) is 0 Å². The van der Waals surface area contributed by atoms with Crippen molar-refractivity contribution in [2.24, 2.45) is 5.92 Å². The smallest absolute Gasteiger partial charge is 0.227 e. The second kappa shape index (κ2) is 9.19. The van der Waals surface area contributed by atoms with E-state index in [1.165, 1.54) is 17.7 Å². The van der Waals surface area contributed by atoms with Gasteiger partial charge in [0.2, 0.25) is 5.91 Å². The van der Waals surface area contributed by atoms with Crippen LogP contribution in [0.3, 0.4) is 0 Å². The van der Waals surface area contributed by atoms with Crippen molar-refractivity contribution < 1.29 is 9.18 Å². The van der Waals surface area contributed by atoms with Gasteiger partial charge in [-0.25, -0.2) is 9.37 Å². The molecule has 0 atom stereocenters. The quantitative estimate of drug-likeness (QED) is 0.586. The van der Waals surface area contributed by atoms with E-state index >= 15 is 0 Å². The van der Waals surface area contributed by atoms with E-state index in [1.807, 2.05) is 48.2 Å². The number of carbonyl (C=O) groups is 1. The summed E-state index contributed by atoms with van der Waals surface area (Å²) in [5.74, 6) is 1.84. The summed E-state index contributed by atoms with van der Waals surface area (Å²) in [5.41, 5.74) is 3.65. The number of hydrogen-bond acceptors (Lipinski definition) is 4. The van der Waals surface area contributed by atoms with E-state index in [4.69, 9.17) is 4.98 Å². The number of aryl methyl sites for hydroxylation is 1. The minimum absolute atomic E-state index is 0.128. The van der Waals surface area contributed by atoms with E-state index in [0.717, 1.165) is 54.5 Å². The normalized spacial score (nSPS) is 16.0. The van der Waals surface area contributed by atoms with Crippen molar-refractivity contribution in [2.75, 3.05) is 18.4 Å². The molecule has 1 amide bonds. The number of nitrogens with zero attached hydrogens (tertiary/aromatic N) is 3. The lowest BCUT2D eigenvalue weighted by molar-refractivity contribution is -0.130. The molecule has 2 aliphatic rings. The molecule has 170 valence electrons. The molecule has 2 aromatic carbocycles. The van der Waals surface area contributed by atoms with Crippen molar-refractivity contribution in [1.82, 2.24) is 19.8 Å². The fraction of sp³-hybridized carbons (Fsp3) is 0.308. The number of fused-ring (bicyclic) bond motifs is 1. The van der Waals surface area contributed by atoms with Gasteiger partial charge in [-0.3, -0.25) is 9.36 Å². The van der Waals surface area contributed by atoms with Crippen LogP contribution in [0.15, 0.2) is 54.7 Å². The topological polar surface area (TPSA) is 62.2 Å². The lowest BCUT2D eigenvalue weighted by Crippen LogP contribution is -2.34. The van der Waals surface area contributed by atoms with Crippen molar-refractivity contribution >= 4 is 23.6 Å². The Hall–Kier alpha value is -3.45. The number of halogens is 1. The summed E-state index contributed by atoms with van der Waals surface area (Å²) in [6.07, 6.45) is 6.36. The second-order valence-corrected chi connectivity index (χ2v) is 8.81. The first kappa shape index (κ1) is 21.4. The number of benzene rings is 2. The van der Waals surface area contributed by atoms with Crippen LogP contribution in [0, 0.1) is 18.7 Å². The third kappa shape index (κ3) is 4.68. The highest BCUT2D eigenvalue weighted by Crippen LogP contribution is 2.34. The molecule has 6 nitrogen and oxygen atoms in total. The van der Waals surface area contributed by atoms with Gasteiger partial charge >= 0.3 is 0 Å². The van der Waals surface area contributed by atoms with Gasteiger partial charge < -0.3 is 15.5 Å². The molecule has 1 fully saturated rings. The van der Waals surface area contributed by atoms with E-state index < -0.39 is 0 Å². The number of anilines is 2. The predicted molar refractivity (Wildman–Crippen MR) is 128 cm³/mol. The monoisotopic (exact) mass is 445 g/mol.